The van der Waals surface area contributed by atoms with E-state index in [1.165, 1.54) is 56.3 Å². The zero-order chi connectivity index (χ0) is 16.6. The zero-order valence-corrected chi connectivity index (χ0v) is 17.9. The highest BCUT2D eigenvalue weighted by atomic mass is 127. The Morgan fingerprint density at radius 3 is 2.16 bits per heavy atom. The fraction of sp³-hybridized carbons (Fsp3) is 0.650. The quantitative estimate of drug-likeness (QED) is 0.415. The first-order valence-electron chi connectivity index (χ1n) is 9.68. The lowest BCUT2D eigenvalue weighted by Crippen LogP contribution is -2.39. The number of rotatable bonds is 5. The molecule has 2 aliphatic heterocycles. The van der Waals surface area contributed by atoms with Crippen LogP contribution in [0.2, 0.25) is 0 Å². The SMILES string of the molecule is CCNC(=NCc1ccc(CN2CCCCC2)cc1)N1CCCC1.I. The molecule has 1 aromatic rings. The Morgan fingerprint density at radius 2 is 1.52 bits per heavy atom. The van der Waals surface area contributed by atoms with E-state index >= 15 is 0 Å². The third-order valence-electron chi connectivity index (χ3n) is 5.03. The van der Waals surface area contributed by atoms with Gasteiger partial charge in [0.2, 0.25) is 0 Å². The summed E-state index contributed by atoms with van der Waals surface area (Å²) in [5, 5.41) is 3.43. The number of aliphatic imine (C=N–C) groups is 1. The summed E-state index contributed by atoms with van der Waals surface area (Å²) in [5.74, 6) is 1.08. The molecule has 0 spiro atoms. The van der Waals surface area contributed by atoms with Gasteiger partial charge in [0.15, 0.2) is 5.96 Å². The Kier molecular flexibility index (Phi) is 9.03. The van der Waals surface area contributed by atoms with Crippen molar-refractivity contribution >= 4 is 29.9 Å². The standard InChI is InChI=1S/C20H32N4.HI/c1-2-21-20(24-14-6-7-15-24)22-16-18-8-10-19(11-9-18)17-23-12-4-3-5-13-23;/h8-11H,2-7,12-17H2,1H3,(H,21,22);1H. The van der Waals surface area contributed by atoms with Crippen molar-refractivity contribution in [2.45, 2.75) is 52.1 Å². The summed E-state index contributed by atoms with van der Waals surface area (Å²) in [6.45, 7) is 9.73. The number of benzene rings is 1. The number of hydrogen-bond acceptors (Lipinski definition) is 2. The van der Waals surface area contributed by atoms with Gasteiger partial charge in [0, 0.05) is 26.2 Å². The number of hydrogen-bond donors (Lipinski definition) is 1. The predicted octanol–water partition coefficient (Wildman–Crippen LogP) is 3.85. The smallest absolute Gasteiger partial charge is 0.194 e. The fourth-order valence-electron chi connectivity index (χ4n) is 3.65. The Morgan fingerprint density at radius 1 is 0.920 bits per heavy atom. The van der Waals surface area contributed by atoms with E-state index in [2.05, 4.69) is 46.3 Å². The molecule has 0 aromatic heterocycles. The van der Waals surface area contributed by atoms with Gasteiger partial charge >= 0.3 is 0 Å². The van der Waals surface area contributed by atoms with E-state index in [1.54, 1.807) is 0 Å². The zero-order valence-electron chi connectivity index (χ0n) is 15.5. The Labute approximate surface area is 170 Å². The van der Waals surface area contributed by atoms with E-state index in [4.69, 9.17) is 4.99 Å². The molecule has 2 saturated heterocycles. The van der Waals surface area contributed by atoms with Crippen LogP contribution in [0.15, 0.2) is 29.3 Å². The van der Waals surface area contributed by atoms with Crippen LogP contribution in [0.5, 0.6) is 0 Å². The lowest BCUT2D eigenvalue weighted by Gasteiger charge is -2.26. The van der Waals surface area contributed by atoms with Crippen LogP contribution in [0.3, 0.4) is 0 Å². The van der Waals surface area contributed by atoms with Crippen molar-refractivity contribution in [2.24, 2.45) is 4.99 Å². The van der Waals surface area contributed by atoms with Gasteiger partial charge < -0.3 is 10.2 Å². The molecule has 1 aromatic carbocycles. The lowest BCUT2D eigenvalue weighted by atomic mass is 10.1. The molecule has 0 saturated carbocycles. The van der Waals surface area contributed by atoms with Crippen LogP contribution in [0.1, 0.15) is 50.2 Å². The van der Waals surface area contributed by atoms with Crippen LogP contribution in [0.25, 0.3) is 0 Å². The Bertz CT molecular complexity index is 517. The summed E-state index contributed by atoms with van der Waals surface area (Å²) >= 11 is 0. The number of nitrogens with zero attached hydrogens (tertiary/aromatic N) is 3. The second kappa shape index (κ2) is 11.0. The van der Waals surface area contributed by atoms with Crippen LogP contribution in [-0.4, -0.2) is 48.5 Å². The van der Waals surface area contributed by atoms with Crippen molar-refractivity contribution in [2.75, 3.05) is 32.7 Å². The van der Waals surface area contributed by atoms with Gasteiger partial charge in [-0.3, -0.25) is 4.90 Å². The van der Waals surface area contributed by atoms with E-state index in [0.29, 0.717) is 0 Å². The van der Waals surface area contributed by atoms with E-state index in [9.17, 15) is 0 Å². The molecular formula is C20H33IN4. The molecular weight excluding hydrogens is 423 g/mol. The summed E-state index contributed by atoms with van der Waals surface area (Å²) in [4.78, 5) is 9.79. The average Bonchev–Trinajstić information content (AvgIpc) is 3.15. The number of guanidine groups is 1. The molecule has 0 amide bonds. The maximum Gasteiger partial charge on any atom is 0.194 e. The van der Waals surface area contributed by atoms with Gasteiger partial charge in [-0.1, -0.05) is 30.7 Å². The van der Waals surface area contributed by atoms with Crippen molar-refractivity contribution in [3.05, 3.63) is 35.4 Å². The maximum atomic E-state index is 4.83. The number of piperidine rings is 1. The topological polar surface area (TPSA) is 30.9 Å². The minimum absolute atomic E-state index is 0. The molecule has 0 unspecified atom stereocenters. The van der Waals surface area contributed by atoms with Gasteiger partial charge in [0.25, 0.3) is 0 Å². The molecule has 0 radical (unpaired) electrons. The molecule has 0 aliphatic carbocycles. The third kappa shape index (κ3) is 6.44. The van der Waals surface area contributed by atoms with E-state index in [1.807, 2.05) is 0 Å². The van der Waals surface area contributed by atoms with Gasteiger partial charge in [-0.05, 0) is 56.8 Å². The normalized spacial score (nSPS) is 18.9. The summed E-state index contributed by atoms with van der Waals surface area (Å²) in [7, 11) is 0. The van der Waals surface area contributed by atoms with Crippen LogP contribution in [-0.2, 0) is 13.1 Å². The van der Waals surface area contributed by atoms with Crippen molar-refractivity contribution in [1.82, 2.24) is 15.1 Å². The Balaban J connectivity index is 0.00000225. The molecule has 0 bridgehead atoms. The van der Waals surface area contributed by atoms with Crippen LogP contribution < -0.4 is 5.32 Å². The van der Waals surface area contributed by atoms with Gasteiger partial charge in [0.1, 0.15) is 0 Å². The fourth-order valence-corrected chi connectivity index (χ4v) is 3.65. The van der Waals surface area contributed by atoms with Gasteiger partial charge in [-0.25, -0.2) is 4.99 Å². The minimum atomic E-state index is 0. The van der Waals surface area contributed by atoms with E-state index < -0.39 is 0 Å². The molecule has 2 aliphatic rings. The predicted molar refractivity (Wildman–Crippen MR) is 117 cm³/mol. The Hall–Kier alpha value is -0.820. The van der Waals surface area contributed by atoms with Crippen LogP contribution in [0, 0.1) is 0 Å². The highest BCUT2D eigenvalue weighted by molar-refractivity contribution is 14.0. The monoisotopic (exact) mass is 456 g/mol. The summed E-state index contributed by atoms with van der Waals surface area (Å²) in [5.41, 5.74) is 2.73. The molecule has 0 atom stereocenters. The highest BCUT2D eigenvalue weighted by Gasteiger charge is 2.15. The number of halogens is 1. The minimum Gasteiger partial charge on any atom is -0.357 e. The lowest BCUT2D eigenvalue weighted by molar-refractivity contribution is 0.221. The highest BCUT2D eigenvalue weighted by Crippen LogP contribution is 2.14. The molecule has 2 fully saturated rings. The second-order valence-corrected chi connectivity index (χ2v) is 7.02. The molecule has 140 valence electrons. The van der Waals surface area contributed by atoms with Crippen LogP contribution in [0.4, 0.5) is 0 Å². The molecule has 3 rings (SSSR count). The molecule has 4 nitrogen and oxygen atoms in total. The largest absolute Gasteiger partial charge is 0.357 e. The number of nitrogens with one attached hydrogen (secondary N) is 1. The first-order chi connectivity index (χ1) is 11.8. The molecule has 25 heavy (non-hydrogen) atoms. The van der Waals surface area contributed by atoms with Crippen LogP contribution >= 0.6 is 24.0 Å². The first-order valence-corrected chi connectivity index (χ1v) is 9.68. The van der Waals surface area contributed by atoms with Crippen molar-refractivity contribution in [1.29, 1.82) is 0 Å². The molecule has 5 heteroatoms. The van der Waals surface area contributed by atoms with Gasteiger partial charge in [0.05, 0.1) is 6.54 Å². The van der Waals surface area contributed by atoms with E-state index in [-0.39, 0.29) is 24.0 Å². The van der Waals surface area contributed by atoms with Gasteiger partial charge in [-0.15, -0.1) is 24.0 Å². The number of likely N-dealkylation sites (tertiary alicyclic amines) is 2. The summed E-state index contributed by atoms with van der Waals surface area (Å²) in [6.07, 6.45) is 6.69. The van der Waals surface area contributed by atoms with E-state index in [0.717, 1.165) is 38.7 Å². The second-order valence-electron chi connectivity index (χ2n) is 7.02. The van der Waals surface area contributed by atoms with Gasteiger partial charge in [-0.2, -0.15) is 0 Å². The summed E-state index contributed by atoms with van der Waals surface area (Å²) in [6, 6.07) is 9.05. The van der Waals surface area contributed by atoms with Crippen molar-refractivity contribution in [3.8, 4) is 0 Å². The maximum absolute atomic E-state index is 4.83. The molecule has 1 N–H and O–H groups in total. The molecule has 2 heterocycles. The average molecular weight is 456 g/mol. The third-order valence-corrected chi connectivity index (χ3v) is 5.03. The van der Waals surface area contributed by atoms with Crippen molar-refractivity contribution < 1.29 is 0 Å². The summed E-state index contributed by atoms with van der Waals surface area (Å²) < 4.78 is 0. The van der Waals surface area contributed by atoms with Crippen molar-refractivity contribution in [3.63, 3.8) is 0 Å². The first kappa shape index (κ1) is 20.5.